The summed E-state index contributed by atoms with van der Waals surface area (Å²) in [5.74, 6) is -5.25. The Morgan fingerprint density at radius 1 is 1.17 bits per heavy atom. The summed E-state index contributed by atoms with van der Waals surface area (Å²) in [5.41, 5.74) is 5.87. The van der Waals surface area contributed by atoms with Gasteiger partial charge in [0.2, 0.25) is 0 Å². The van der Waals surface area contributed by atoms with Crippen molar-refractivity contribution in [3.63, 3.8) is 0 Å². The highest BCUT2D eigenvalue weighted by Gasteiger charge is 2.49. The number of fused-ring (bicyclic) bond motifs is 1. The molecule has 0 saturated carbocycles. The first-order chi connectivity index (χ1) is 10.9. The smallest absolute Gasteiger partial charge is 0.379 e. The van der Waals surface area contributed by atoms with Crippen molar-refractivity contribution in [3.8, 4) is 5.75 Å². The molecule has 2 aromatic rings. The Labute approximate surface area is 145 Å². The number of rotatable bonds is 6. The molecule has 2 N–H and O–H groups in total. The fourth-order valence-corrected chi connectivity index (χ4v) is 2.41. The first-order valence-electron chi connectivity index (χ1n) is 7.38. The Kier molecular flexibility index (Phi) is 6.93. The zero-order valence-corrected chi connectivity index (χ0v) is 14.2. The van der Waals surface area contributed by atoms with Gasteiger partial charge in [-0.2, -0.15) is 8.78 Å². The highest BCUT2D eigenvalue weighted by atomic mass is 35.5. The summed E-state index contributed by atoms with van der Waals surface area (Å²) in [6, 6.07) is 8.45. The van der Waals surface area contributed by atoms with Crippen LogP contribution in [0.2, 0.25) is 0 Å². The van der Waals surface area contributed by atoms with E-state index in [1.165, 1.54) is 6.92 Å². The third-order valence-electron chi connectivity index (χ3n) is 3.48. The fraction of sp³-hybridized carbons (Fsp3) is 0.353. The Balaban J connectivity index is 0.00000288. The van der Waals surface area contributed by atoms with E-state index in [1.807, 2.05) is 0 Å². The van der Waals surface area contributed by atoms with Gasteiger partial charge in [0.15, 0.2) is 0 Å². The topological polar surface area (TPSA) is 61.5 Å². The van der Waals surface area contributed by atoms with E-state index in [-0.39, 0.29) is 30.3 Å². The van der Waals surface area contributed by atoms with Crippen LogP contribution in [-0.4, -0.2) is 25.1 Å². The molecule has 0 spiro atoms. The van der Waals surface area contributed by atoms with Gasteiger partial charge in [-0.25, -0.2) is 4.79 Å². The molecule has 7 heteroatoms. The molecule has 24 heavy (non-hydrogen) atoms. The van der Waals surface area contributed by atoms with Gasteiger partial charge >= 0.3 is 11.9 Å². The van der Waals surface area contributed by atoms with Crippen molar-refractivity contribution in [1.82, 2.24) is 0 Å². The first kappa shape index (κ1) is 20.1. The van der Waals surface area contributed by atoms with Crippen molar-refractivity contribution in [2.24, 2.45) is 5.73 Å². The van der Waals surface area contributed by atoms with Crippen LogP contribution in [0.25, 0.3) is 10.8 Å². The summed E-state index contributed by atoms with van der Waals surface area (Å²) >= 11 is 0. The number of benzene rings is 2. The minimum Gasteiger partial charge on any atom is -0.494 e. The number of hydrogen-bond donors (Lipinski definition) is 1. The van der Waals surface area contributed by atoms with Crippen molar-refractivity contribution in [3.05, 3.63) is 42.0 Å². The molecule has 2 rings (SSSR count). The predicted octanol–water partition coefficient (Wildman–Crippen LogP) is 3.86. The number of alkyl halides is 2. The Hall–Kier alpha value is -1.92. The molecular weight excluding hydrogens is 340 g/mol. The SMILES string of the molecule is CCOC(=O)C(F)(F)[C@H](N)c1c(OCC)ccc2ccccc12.Cl. The van der Waals surface area contributed by atoms with Gasteiger partial charge in [-0.1, -0.05) is 30.3 Å². The van der Waals surface area contributed by atoms with Gasteiger partial charge in [-0.05, 0) is 30.7 Å². The van der Waals surface area contributed by atoms with Crippen LogP contribution in [0.3, 0.4) is 0 Å². The monoisotopic (exact) mass is 359 g/mol. The molecule has 0 saturated heterocycles. The number of nitrogens with two attached hydrogens (primary N) is 1. The fourth-order valence-electron chi connectivity index (χ4n) is 2.41. The summed E-state index contributed by atoms with van der Waals surface area (Å²) < 4.78 is 38.6. The van der Waals surface area contributed by atoms with E-state index in [0.29, 0.717) is 12.0 Å². The molecule has 0 fully saturated rings. The standard InChI is InChI=1S/C17H19F2NO3.ClH/c1-3-22-13-10-9-11-7-5-6-8-12(11)14(13)15(20)17(18,19)16(21)23-4-2;/h5-10,15H,3-4,20H2,1-2H3;1H/t15-;/m1./s1. The van der Waals surface area contributed by atoms with E-state index >= 15 is 0 Å². The summed E-state index contributed by atoms with van der Waals surface area (Å²) in [4.78, 5) is 11.6. The molecule has 0 heterocycles. The van der Waals surface area contributed by atoms with Gasteiger partial charge in [0.1, 0.15) is 11.8 Å². The van der Waals surface area contributed by atoms with Crippen LogP contribution in [-0.2, 0) is 9.53 Å². The molecule has 4 nitrogen and oxygen atoms in total. The zero-order valence-electron chi connectivity index (χ0n) is 13.4. The molecule has 0 aromatic heterocycles. The minimum absolute atomic E-state index is 0. The molecule has 0 radical (unpaired) electrons. The van der Waals surface area contributed by atoms with E-state index < -0.39 is 17.9 Å². The summed E-state index contributed by atoms with van der Waals surface area (Å²) in [6.07, 6.45) is 0. The van der Waals surface area contributed by atoms with E-state index in [1.54, 1.807) is 43.3 Å². The zero-order chi connectivity index (χ0) is 17.0. The maximum atomic E-state index is 14.4. The Bertz CT molecular complexity index is 709. The van der Waals surface area contributed by atoms with Crippen molar-refractivity contribution in [2.75, 3.05) is 13.2 Å². The van der Waals surface area contributed by atoms with Gasteiger partial charge in [-0.3, -0.25) is 0 Å². The van der Waals surface area contributed by atoms with Crippen LogP contribution in [0.4, 0.5) is 8.78 Å². The second kappa shape index (κ2) is 8.26. The highest BCUT2D eigenvalue weighted by Crippen LogP contribution is 2.39. The van der Waals surface area contributed by atoms with Crippen LogP contribution >= 0.6 is 12.4 Å². The maximum Gasteiger partial charge on any atom is 0.379 e. The number of hydrogen-bond acceptors (Lipinski definition) is 4. The third kappa shape index (κ3) is 3.76. The van der Waals surface area contributed by atoms with Crippen LogP contribution in [0, 0.1) is 0 Å². The molecule has 0 bridgehead atoms. The van der Waals surface area contributed by atoms with E-state index in [4.69, 9.17) is 10.5 Å². The van der Waals surface area contributed by atoms with Crippen molar-refractivity contribution in [1.29, 1.82) is 0 Å². The van der Waals surface area contributed by atoms with Crippen LogP contribution < -0.4 is 10.5 Å². The number of ether oxygens (including phenoxy) is 2. The lowest BCUT2D eigenvalue weighted by Gasteiger charge is -2.25. The average molecular weight is 360 g/mol. The molecule has 0 amide bonds. The molecule has 0 aliphatic carbocycles. The number of esters is 1. The van der Waals surface area contributed by atoms with E-state index in [2.05, 4.69) is 4.74 Å². The van der Waals surface area contributed by atoms with Gasteiger partial charge < -0.3 is 15.2 Å². The van der Waals surface area contributed by atoms with Crippen LogP contribution in [0.5, 0.6) is 5.75 Å². The second-order valence-electron chi connectivity index (χ2n) is 4.95. The lowest BCUT2D eigenvalue weighted by molar-refractivity contribution is -0.174. The average Bonchev–Trinajstić information content (AvgIpc) is 2.54. The van der Waals surface area contributed by atoms with E-state index in [0.717, 1.165) is 5.39 Å². The lowest BCUT2D eigenvalue weighted by Crippen LogP contribution is -2.42. The predicted molar refractivity (Wildman–Crippen MR) is 90.9 cm³/mol. The van der Waals surface area contributed by atoms with Crippen molar-refractivity contribution in [2.45, 2.75) is 25.8 Å². The maximum absolute atomic E-state index is 14.4. The van der Waals surface area contributed by atoms with Gasteiger partial charge in [0.25, 0.3) is 0 Å². The molecule has 132 valence electrons. The molecular formula is C17H20ClF2NO3. The minimum atomic E-state index is -3.86. The summed E-state index contributed by atoms with van der Waals surface area (Å²) in [6.45, 7) is 3.36. The normalized spacial score (nSPS) is 12.4. The van der Waals surface area contributed by atoms with Crippen LogP contribution in [0.15, 0.2) is 36.4 Å². The van der Waals surface area contributed by atoms with Crippen molar-refractivity contribution >= 4 is 29.1 Å². The quantitative estimate of drug-likeness (QED) is 0.795. The Morgan fingerprint density at radius 2 is 1.83 bits per heavy atom. The molecule has 0 aliphatic heterocycles. The second-order valence-corrected chi connectivity index (χ2v) is 4.95. The number of carbonyl (C=O) groups excluding carboxylic acids is 1. The van der Waals surface area contributed by atoms with Gasteiger partial charge in [0, 0.05) is 5.56 Å². The lowest BCUT2D eigenvalue weighted by atomic mass is 9.94. The largest absolute Gasteiger partial charge is 0.494 e. The third-order valence-corrected chi connectivity index (χ3v) is 3.48. The van der Waals surface area contributed by atoms with Crippen LogP contribution in [0.1, 0.15) is 25.5 Å². The molecule has 0 unspecified atom stereocenters. The number of halogens is 3. The van der Waals surface area contributed by atoms with Gasteiger partial charge in [-0.15, -0.1) is 12.4 Å². The molecule has 1 atom stereocenters. The first-order valence-corrected chi connectivity index (χ1v) is 7.38. The van der Waals surface area contributed by atoms with Crippen molar-refractivity contribution < 1.29 is 23.0 Å². The summed E-state index contributed by atoms with van der Waals surface area (Å²) in [7, 11) is 0. The van der Waals surface area contributed by atoms with Gasteiger partial charge in [0.05, 0.1) is 13.2 Å². The molecule has 0 aliphatic rings. The summed E-state index contributed by atoms with van der Waals surface area (Å²) in [5, 5.41) is 1.26. The molecule has 2 aromatic carbocycles. The van der Waals surface area contributed by atoms with E-state index in [9.17, 15) is 13.6 Å². The number of carbonyl (C=O) groups is 1. The highest BCUT2D eigenvalue weighted by molar-refractivity contribution is 5.90. The Morgan fingerprint density at radius 3 is 2.46 bits per heavy atom.